The van der Waals surface area contributed by atoms with Crippen molar-refractivity contribution in [1.82, 2.24) is 0 Å². The first-order chi connectivity index (χ1) is 10.7. The third-order valence-electron chi connectivity index (χ3n) is 4.94. The zero-order valence-corrected chi connectivity index (χ0v) is 12.9. The Bertz CT molecular complexity index is 573. The second-order valence-corrected chi connectivity index (χ2v) is 6.21. The number of ether oxygens (including phenoxy) is 2. The van der Waals surface area contributed by atoms with E-state index in [0.29, 0.717) is 17.8 Å². The summed E-state index contributed by atoms with van der Waals surface area (Å²) in [6, 6.07) is 7.57. The van der Waals surface area contributed by atoms with Crippen LogP contribution >= 0.6 is 0 Å². The molecule has 4 atom stereocenters. The van der Waals surface area contributed by atoms with Gasteiger partial charge >= 0.3 is 5.97 Å². The van der Waals surface area contributed by atoms with Gasteiger partial charge in [0.15, 0.2) is 0 Å². The lowest BCUT2D eigenvalue weighted by Crippen LogP contribution is -2.26. The molecule has 4 unspecified atom stereocenters. The highest BCUT2D eigenvalue weighted by Gasteiger charge is 2.46. The summed E-state index contributed by atoms with van der Waals surface area (Å²) in [6.45, 7) is 3.89. The summed E-state index contributed by atoms with van der Waals surface area (Å²) in [7, 11) is 1.63. The monoisotopic (exact) mass is 298 g/mol. The molecule has 2 aliphatic rings. The third-order valence-corrected chi connectivity index (χ3v) is 4.94. The molecule has 0 saturated heterocycles. The van der Waals surface area contributed by atoms with E-state index in [9.17, 15) is 4.79 Å². The van der Waals surface area contributed by atoms with Gasteiger partial charge in [0, 0.05) is 6.08 Å². The predicted molar refractivity (Wildman–Crippen MR) is 86.4 cm³/mol. The second kappa shape index (κ2) is 6.39. The number of rotatable bonds is 5. The Morgan fingerprint density at radius 2 is 1.95 bits per heavy atom. The van der Waals surface area contributed by atoms with E-state index < -0.39 is 0 Å². The minimum Gasteiger partial charge on any atom is -0.497 e. The van der Waals surface area contributed by atoms with Crippen molar-refractivity contribution in [3.63, 3.8) is 0 Å². The van der Waals surface area contributed by atoms with Crippen molar-refractivity contribution in [2.24, 2.45) is 17.8 Å². The molecule has 2 bridgehead atoms. The fourth-order valence-electron chi connectivity index (χ4n) is 3.77. The lowest BCUT2D eigenvalue weighted by atomic mass is 9.87. The van der Waals surface area contributed by atoms with Crippen molar-refractivity contribution in [2.75, 3.05) is 7.11 Å². The van der Waals surface area contributed by atoms with Crippen molar-refractivity contribution >= 4 is 12.0 Å². The molecule has 0 spiro atoms. The highest BCUT2D eigenvalue weighted by Crippen LogP contribution is 2.50. The fraction of sp³-hybridized carbons (Fsp3) is 0.421. The molecule has 116 valence electrons. The largest absolute Gasteiger partial charge is 0.497 e. The molecule has 0 heterocycles. The number of hydrogen-bond donors (Lipinski definition) is 0. The molecular weight excluding hydrogens is 276 g/mol. The van der Waals surface area contributed by atoms with Crippen molar-refractivity contribution in [1.29, 1.82) is 0 Å². The van der Waals surface area contributed by atoms with Gasteiger partial charge in [-0.25, -0.2) is 4.79 Å². The van der Waals surface area contributed by atoms with Gasteiger partial charge in [0.2, 0.25) is 0 Å². The predicted octanol–water partition coefficient (Wildman–Crippen LogP) is 3.85. The van der Waals surface area contributed by atoms with Crippen LogP contribution in [0.1, 0.15) is 24.8 Å². The van der Waals surface area contributed by atoms with Gasteiger partial charge in [-0.1, -0.05) is 18.2 Å². The molecule has 0 N–H and O–H groups in total. The number of benzene rings is 1. The van der Waals surface area contributed by atoms with E-state index in [0.717, 1.165) is 24.2 Å². The average Bonchev–Trinajstić information content (AvgIpc) is 3.13. The summed E-state index contributed by atoms with van der Waals surface area (Å²) in [5.74, 6) is 2.36. The second-order valence-electron chi connectivity index (χ2n) is 6.21. The van der Waals surface area contributed by atoms with Gasteiger partial charge < -0.3 is 9.47 Å². The number of hydrogen-bond acceptors (Lipinski definition) is 3. The van der Waals surface area contributed by atoms with E-state index in [1.807, 2.05) is 24.3 Å². The Balaban J connectivity index is 1.52. The Morgan fingerprint density at radius 3 is 2.55 bits per heavy atom. The maximum absolute atomic E-state index is 12.0. The lowest BCUT2D eigenvalue weighted by molar-refractivity contribution is -0.145. The zero-order chi connectivity index (χ0) is 15.5. The van der Waals surface area contributed by atoms with E-state index in [1.54, 1.807) is 13.2 Å². The highest BCUT2D eigenvalue weighted by atomic mass is 16.5. The first-order valence-corrected chi connectivity index (χ1v) is 7.85. The Morgan fingerprint density at radius 1 is 1.18 bits per heavy atom. The zero-order valence-electron chi connectivity index (χ0n) is 12.9. The molecule has 2 aliphatic carbocycles. The maximum Gasteiger partial charge on any atom is 0.331 e. The molecule has 3 rings (SSSR count). The quantitative estimate of drug-likeness (QED) is 0.470. The Hall–Kier alpha value is -2.03. The molecule has 3 heteroatoms. The number of fused-ring (bicyclic) bond motifs is 2. The normalized spacial score (nSPS) is 29.7. The van der Waals surface area contributed by atoms with Crippen molar-refractivity contribution in [3.8, 4) is 5.75 Å². The topological polar surface area (TPSA) is 35.5 Å². The fourth-order valence-corrected chi connectivity index (χ4v) is 3.77. The molecule has 1 aromatic rings. The molecule has 22 heavy (non-hydrogen) atoms. The van der Waals surface area contributed by atoms with Crippen molar-refractivity contribution in [3.05, 3.63) is 48.6 Å². The number of carbonyl (C=O) groups excluding carboxylic acids is 1. The number of methoxy groups -OCH3 is 1. The molecule has 0 amide bonds. The van der Waals surface area contributed by atoms with Crippen molar-refractivity contribution in [2.45, 2.75) is 25.4 Å². The number of esters is 1. The summed E-state index contributed by atoms with van der Waals surface area (Å²) in [5, 5.41) is 0. The van der Waals surface area contributed by atoms with Crippen LogP contribution in [0.25, 0.3) is 6.08 Å². The van der Waals surface area contributed by atoms with Crippen LogP contribution in [0.3, 0.4) is 0 Å². The molecule has 1 aromatic carbocycles. The van der Waals surface area contributed by atoms with Crippen LogP contribution in [-0.2, 0) is 9.53 Å². The third kappa shape index (κ3) is 3.08. The molecule has 2 fully saturated rings. The summed E-state index contributed by atoms with van der Waals surface area (Å²) in [5.41, 5.74) is 0.956. The lowest BCUT2D eigenvalue weighted by Gasteiger charge is -2.25. The number of carbonyl (C=O) groups is 1. The minimum absolute atomic E-state index is 0.0919. The summed E-state index contributed by atoms with van der Waals surface area (Å²) in [4.78, 5) is 12.0. The van der Waals surface area contributed by atoms with Crippen LogP contribution in [0.4, 0.5) is 0 Å². The molecule has 2 saturated carbocycles. The molecule has 0 radical (unpaired) electrons. The first-order valence-electron chi connectivity index (χ1n) is 7.85. The smallest absolute Gasteiger partial charge is 0.331 e. The highest BCUT2D eigenvalue weighted by molar-refractivity contribution is 5.87. The van der Waals surface area contributed by atoms with E-state index in [4.69, 9.17) is 9.47 Å². The standard InChI is InChI=1S/C19H22O3/c1-3-14-10-16-11-15(14)12-18(16)22-19(20)9-6-13-4-7-17(21-2)8-5-13/h3-9,14-16,18H,1,10-12H2,2H3. The molecule has 3 nitrogen and oxygen atoms in total. The van der Waals surface area contributed by atoms with Crippen LogP contribution in [0.5, 0.6) is 5.75 Å². The van der Waals surface area contributed by atoms with Crippen LogP contribution in [0.2, 0.25) is 0 Å². The van der Waals surface area contributed by atoms with E-state index >= 15 is 0 Å². The van der Waals surface area contributed by atoms with Gasteiger partial charge in [-0.05, 0) is 60.8 Å². The van der Waals surface area contributed by atoms with Crippen LogP contribution in [0, 0.1) is 17.8 Å². The maximum atomic E-state index is 12.0. The minimum atomic E-state index is -0.247. The average molecular weight is 298 g/mol. The Labute approximate surface area is 131 Å². The Kier molecular flexibility index (Phi) is 4.32. The van der Waals surface area contributed by atoms with Gasteiger partial charge in [-0.3, -0.25) is 0 Å². The summed E-state index contributed by atoms with van der Waals surface area (Å²) < 4.78 is 10.7. The summed E-state index contributed by atoms with van der Waals surface area (Å²) in [6.07, 6.45) is 8.73. The van der Waals surface area contributed by atoms with E-state index in [-0.39, 0.29) is 12.1 Å². The van der Waals surface area contributed by atoms with E-state index in [1.165, 1.54) is 12.5 Å². The van der Waals surface area contributed by atoms with Crippen molar-refractivity contribution < 1.29 is 14.3 Å². The van der Waals surface area contributed by atoms with Crippen LogP contribution < -0.4 is 4.74 Å². The van der Waals surface area contributed by atoms with Gasteiger partial charge in [0.25, 0.3) is 0 Å². The molecule has 0 aliphatic heterocycles. The van der Waals surface area contributed by atoms with Gasteiger partial charge in [0.05, 0.1) is 7.11 Å². The summed E-state index contributed by atoms with van der Waals surface area (Å²) >= 11 is 0. The van der Waals surface area contributed by atoms with Gasteiger partial charge in [0.1, 0.15) is 11.9 Å². The SMILES string of the molecule is C=CC1CC2CC1CC2OC(=O)C=Cc1ccc(OC)cc1. The first kappa shape index (κ1) is 14.9. The molecular formula is C19H22O3. The molecule has 0 aromatic heterocycles. The van der Waals surface area contributed by atoms with Gasteiger partial charge in [-0.2, -0.15) is 0 Å². The van der Waals surface area contributed by atoms with E-state index in [2.05, 4.69) is 12.7 Å². The van der Waals surface area contributed by atoms with Crippen LogP contribution in [0.15, 0.2) is 43.0 Å². The van der Waals surface area contributed by atoms with Crippen LogP contribution in [-0.4, -0.2) is 19.2 Å². The van der Waals surface area contributed by atoms with Gasteiger partial charge in [-0.15, -0.1) is 6.58 Å². The number of allylic oxidation sites excluding steroid dienone is 1.